The summed E-state index contributed by atoms with van der Waals surface area (Å²) in [7, 11) is 0. The van der Waals surface area contributed by atoms with Crippen molar-refractivity contribution in [3.05, 3.63) is 34.1 Å². The third-order valence-corrected chi connectivity index (χ3v) is 3.81. The van der Waals surface area contributed by atoms with Gasteiger partial charge >= 0.3 is 0 Å². The van der Waals surface area contributed by atoms with Crippen molar-refractivity contribution in [3.63, 3.8) is 0 Å². The molecule has 2 aromatic rings. The second kappa shape index (κ2) is 4.96. The molecular weight excluding hydrogens is 304 g/mol. The molecule has 0 aromatic carbocycles. The average Bonchev–Trinajstić information content (AvgIpc) is 2.55. The number of aromatic nitrogens is 3. The monoisotopic (exact) mass is 322 g/mol. The Morgan fingerprint density at radius 2 is 1.89 bits per heavy atom. The van der Waals surface area contributed by atoms with Gasteiger partial charge in [-0.2, -0.15) is 5.10 Å². The van der Waals surface area contributed by atoms with Crippen molar-refractivity contribution >= 4 is 21.7 Å². The van der Waals surface area contributed by atoms with Gasteiger partial charge in [0.1, 0.15) is 5.82 Å². The Bertz CT molecular complexity index is 596. The molecule has 0 unspecified atom stereocenters. The smallest absolute Gasteiger partial charge is 0.156 e. The molecule has 0 aliphatic carbocycles. The molecule has 2 rings (SSSR count). The molecule has 0 saturated heterocycles. The Morgan fingerprint density at radius 1 is 1.21 bits per heavy atom. The van der Waals surface area contributed by atoms with Crippen LogP contribution in [0.25, 0.3) is 5.82 Å². The average molecular weight is 323 g/mol. The van der Waals surface area contributed by atoms with Crippen molar-refractivity contribution in [1.29, 1.82) is 0 Å². The van der Waals surface area contributed by atoms with E-state index in [-0.39, 0.29) is 5.54 Å². The van der Waals surface area contributed by atoms with Crippen LogP contribution in [-0.4, -0.2) is 20.3 Å². The van der Waals surface area contributed by atoms with Crippen LogP contribution >= 0.6 is 15.9 Å². The van der Waals surface area contributed by atoms with Crippen LogP contribution in [0.5, 0.6) is 0 Å². The number of halogens is 1. The number of hydrogen-bond donors (Lipinski definition) is 1. The van der Waals surface area contributed by atoms with Crippen molar-refractivity contribution in [1.82, 2.24) is 14.8 Å². The van der Waals surface area contributed by atoms with E-state index in [1.54, 1.807) is 0 Å². The standard InChI is InChI=1S/C14H19BrN4/c1-9-13(15)10(2)19(18-9)12-8-6-7-11(16-12)17-14(3,4)5/h6-8H,1-5H3,(H,16,17). The van der Waals surface area contributed by atoms with Gasteiger partial charge in [-0.1, -0.05) is 6.07 Å². The second-order valence-electron chi connectivity index (χ2n) is 5.65. The van der Waals surface area contributed by atoms with Gasteiger partial charge in [0.15, 0.2) is 5.82 Å². The largest absolute Gasteiger partial charge is 0.365 e. The fourth-order valence-electron chi connectivity index (χ4n) is 1.84. The molecule has 1 N–H and O–H groups in total. The number of pyridine rings is 1. The van der Waals surface area contributed by atoms with Crippen LogP contribution in [0.4, 0.5) is 5.82 Å². The maximum Gasteiger partial charge on any atom is 0.156 e. The highest BCUT2D eigenvalue weighted by Crippen LogP contribution is 2.23. The van der Waals surface area contributed by atoms with Gasteiger partial charge in [0.05, 0.1) is 15.9 Å². The molecule has 0 saturated carbocycles. The van der Waals surface area contributed by atoms with Crippen molar-refractivity contribution in [3.8, 4) is 5.82 Å². The third kappa shape index (κ3) is 3.15. The van der Waals surface area contributed by atoms with E-state index in [0.29, 0.717) is 0 Å². The number of nitrogens with one attached hydrogen (secondary N) is 1. The van der Waals surface area contributed by atoms with E-state index in [9.17, 15) is 0 Å². The zero-order valence-corrected chi connectivity index (χ0v) is 13.5. The first kappa shape index (κ1) is 14.1. The lowest BCUT2D eigenvalue weighted by atomic mass is 10.1. The third-order valence-electron chi connectivity index (χ3n) is 2.66. The molecule has 0 aliphatic rings. The summed E-state index contributed by atoms with van der Waals surface area (Å²) in [6, 6.07) is 5.91. The minimum Gasteiger partial charge on any atom is -0.365 e. The molecule has 0 atom stereocenters. The van der Waals surface area contributed by atoms with E-state index < -0.39 is 0 Å². The van der Waals surface area contributed by atoms with Crippen LogP contribution in [-0.2, 0) is 0 Å². The summed E-state index contributed by atoms with van der Waals surface area (Å²) in [6.07, 6.45) is 0. The lowest BCUT2D eigenvalue weighted by molar-refractivity contribution is 0.629. The number of hydrogen-bond acceptors (Lipinski definition) is 3. The quantitative estimate of drug-likeness (QED) is 0.913. The van der Waals surface area contributed by atoms with Gasteiger partial charge in [0.25, 0.3) is 0 Å². The SMILES string of the molecule is Cc1nn(-c2cccc(NC(C)(C)C)n2)c(C)c1Br. The summed E-state index contributed by atoms with van der Waals surface area (Å²) in [6.45, 7) is 10.3. The van der Waals surface area contributed by atoms with Crippen LogP contribution in [0.15, 0.2) is 22.7 Å². The Kier molecular flexibility index (Phi) is 3.67. The summed E-state index contributed by atoms with van der Waals surface area (Å²) in [5.74, 6) is 1.68. The molecule has 0 spiro atoms. The predicted octanol–water partition coefficient (Wildman–Crippen LogP) is 3.86. The highest BCUT2D eigenvalue weighted by atomic mass is 79.9. The first-order valence-electron chi connectivity index (χ1n) is 6.25. The van der Waals surface area contributed by atoms with Gasteiger partial charge in [-0.15, -0.1) is 0 Å². The number of anilines is 1. The van der Waals surface area contributed by atoms with E-state index >= 15 is 0 Å². The molecule has 0 radical (unpaired) electrons. The molecular formula is C14H19BrN4. The molecule has 5 heteroatoms. The van der Waals surface area contributed by atoms with Crippen LogP contribution in [0.2, 0.25) is 0 Å². The molecule has 19 heavy (non-hydrogen) atoms. The summed E-state index contributed by atoms with van der Waals surface area (Å²) >= 11 is 3.54. The van der Waals surface area contributed by atoms with Crippen molar-refractivity contribution in [2.24, 2.45) is 0 Å². The predicted molar refractivity (Wildman–Crippen MR) is 81.9 cm³/mol. The van der Waals surface area contributed by atoms with E-state index in [1.807, 2.05) is 36.7 Å². The Hall–Kier alpha value is -1.36. The molecule has 0 amide bonds. The van der Waals surface area contributed by atoms with Gasteiger partial charge in [-0.05, 0) is 62.7 Å². The Balaban J connectivity index is 2.41. The molecule has 0 bridgehead atoms. The maximum absolute atomic E-state index is 4.61. The fraction of sp³-hybridized carbons (Fsp3) is 0.429. The van der Waals surface area contributed by atoms with Gasteiger partial charge in [0.2, 0.25) is 0 Å². The molecule has 4 nitrogen and oxygen atoms in total. The molecule has 0 fully saturated rings. The minimum absolute atomic E-state index is 0.0126. The van der Waals surface area contributed by atoms with Crippen LogP contribution < -0.4 is 5.32 Å². The van der Waals surface area contributed by atoms with Crippen LogP contribution in [0.3, 0.4) is 0 Å². The van der Waals surface area contributed by atoms with E-state index in [4.69, 9.17) is 0 Å². The number of rotatable bonds is 2. The summed E-state index contributed by atoms with van der Waals surface area (Å²) < 4.78 is 2.89. The first-order valence-corrected chi connectivity index (χ1v) is 7.04. The van der Waals surface area contributed by atoms with E-state index in [2.05, 4.69) is 52.1 Å². The summed E-state index contributed by atoms with van der Waals surface area (Å²) in [4.78, 5) is 4.61. The van der Waals surface area contributed by atoms with Gasteiger partial charge in [-0.25, -0.2) is 9.67 Å². The van der Waals surface area contributed by atoms with Gasteiger partial charge in [0, 0.05) is 5.54 Å². The summed E-state index contributed by atoms with van der Waals surface area (Å²) in [5, 5.41) is 7.87. The number of aryl methyl sites for hydroxylation is 1. The Labute approximate surface area is 122 Å². The molecule has 2 heterocycles. The van der Waals surface area contributed by atoms with Crippen molar-refractivity contribution < 1.29 is 0 Å². The zero-order valence-electron chi connectivity index (χ0n) is 12.0. The molecule has 102 valence electrons. The zero-order chi connectivity index (χ0) is 14.2. The van der Waals surface area contributed by atoms with Crippen LogP contribution in [0, 0.1) is 13.8 Å². The Morgan fingerprint density at radius 3 is 2.42 bits per heavy atom. The van der Waals surface area contributed by atoms with E-state index in [0.717, 1.165) is 27.5 Å². The maximum atomic E-state index is 4.61. The minimum atomic E-state index is -0.0126. The number of nitrogens with zero attached hydrogens (tertiary/aromatic N) is 3. The second-order valence-corrected chi connectivity index (χ2v) is 6.45. The van der Waals surface area contributed by atoms with Gasteiger partial charge < -0.3 is 5.32 Å². The highest BCUT2D eigenvalue weighted by Gasteiger charge is 2.13. The topological polar surface area (TPSA) is 42.7 Å². The van der Waals surface area contributed by atoms with Crippen molar-refractivity contribution in [2.45, 2.75) is 40.2 Å². The van der Waals surface area contributed by atoms with Crippen molar-refractivity contribution in [2.75, 3.05) is 5.32 Å². The van der Waals surface area contributed by atoms with Gasteiger partial charge in [-0.3, -0.25) is 0 Å². The first-order chi connectivity index (χ1) is 8.78. The fourth-order valence-corrected chi connectivity index (χ4v) is 2.09. The van der Waals surface area contributed by atoms with E-state index in [1.165, 1.54) is 0 Å². The molecule has 0 aliphatic heterocycles. The lowest BCUT2D eigenvalue weighted by Gasteiger charge is -2.21. The van der Waals surface area contributed by atoms with Crippen LogP contribution in [0.1, 0.15) is 32.2 Å². The molecule has 2 aromatic heterocycles. The normalized spacial score (nSPS) is 11.7. The summed E-state index contributed by atoms with van der Waals surface area (Å²) in [5.41, 5.74) is 2.01. The highest BCUT2D eigenvalue weighted by molar-refractivity contribution is 9.10. The lowest BCUT2D eigenvalue weighted by Crippen LogP contribution is -2.26.